The molecule has 80 valence electrons. The van der Waals surface area contributed by atoms with E-state index in [9.17, 15) is 4.79 Å². The molecule has 1 rings (SSSR count). The zero-order chi connectivity index (χ0) is 10.2. The average Bonchev–Trinajstić information content (AvgIpc) is 2.18. The summed E-state index contributed by atoms with van der Waals surface area (Å²) in [4.78, 5) is 10.4. The molecule has 14 heavy (non-hydrogen) atoms. The third kappa shape index (κ3) is 5.02. The van der Waals surface area contributed by atoms with Crippen molar-refractivity contribution in [3.05, 3.63) is 12.2 Å². The first-order valence-electron chi connectivity index (χ1n) is 5.43. The van der Waals surface area contributed by atoms with Gasteiger partial charge in [-0.2, -0.15) is 0 Å². The fourth-order valence-corrected chi connectivity index (χ4v) is 1.74. The lowest BCUT2D eigenvalue weighted by atomic mass is 9.94. The number of hydrogen-bond donors (Lipinski definition) is 2. The summed E-state index contributed by atoms with van der Waals surface area (Å²) in [5.74, 6) is 0.584. The number of nitrogens with one attached hydrogen (secondary N) is 1. The van der Waals surface area contributed by atoms with Crippen LogP contribution in [0, 0.1) is 5.92 Å². The maximum atomic E-state index is 10.4. The lowest BCUT2D eigenvalue weighted by Gasteiger charge is -2.17. The van der Waals surface area contributed by atoms with Gasteiger partial charge < -0.3 is 11.1 Å². The lowest BCUT2D eigenvalue weighted by molar-refractivity contribution is -0.118. The van der Waals surface area contributed by atoms with E-state index in [1.54, 1.807) is 0 Å². The molecule has 0 fully saturated rings. The Morgan fingerprint density at radius 3 is 3.00 bits per heavy atom. The molecule has 0 bridgehead atoms. The number of nitrogens with two attached hydrogens (primary N) is 1. The minimum atomic E-state index is -0.201. The van der Waals surface area contributed by atoms with Gasteiger partial charge in [0, 0.05) is 6.42 Å². The van der Waals surface area contributed by atoms with Crippen molar-refractivity contribution in [2.45, 2.75) is 32.1 Å². The zero-order valence-corrected chi connectivity index (χ0v) is 8.67. The quantitative estimate of drug-likeness (QED) is 0.495. The van der Waals surface area contributed by atoms with Crippen LogP contribution < -0.4 is 11.1 Å². The molecule has 0 spiro atoms. The predicted octanol–water partition coefficient (Wildman–Crippen LogP) is 1.20. The summed E-state index contributed by atoms with van der Waals surface area (Å²) in [6, 6.07) is 0. The van der Waals surface area contributed by atoms with Gasteiger partial charge in [-0.1, -0.05) is 12.2 Å². The molecule has 3 nitrogen and oxygen atoms in total. The fraction of sp³-hybridized carbons (Fsp3) is 0.727. The smallest absolute Gasteiger partial charge is 0.217 e. The molecule has 0 saturated heterocycles. The second-order valence-electron chi connectivity index (χ2n) is 3.92. The third-order valence-corrected chi connectivity index (χ3v) is 2.59. The maximum Gasteiger partial charge on any atom is 0.217 e. The molecule has 0 heterocycles. The molecule has 0 aromatic heterocycles. The molecular formula is C11H20N2O. The number of carbonyl (C=O) groups is 1. The molecule has 3 heteroatoms. The summed E-state index contributed by atoms with van der Waals surface area (Å²) in [5, 5.41) is 3.37. The van der Waals surface area contributed by atoms with Crippen LogP contribution in [-0.2, 0) is 4.79 Å². The molecule has 1 aliphatic carbocycles. The van der Waals surface area contributed by atoms with Crippen molar-refractivity contribution in [3.63, 3.8) is 0 Å². The highest BCUT2D eigenvalue weighted by molar-refractivity contribution is 5.73. The van der Waals surface area contributed by atoms with E-state index in [1.807, 2.05) is 0 Å². The van der Waals surface area contributed by atoms with Crippen molar-refractivity contribution in [1.29, 1.82) is 0 Å². The number of hydrogen-bond acceptors (Lipinski definition) is 2. The van der Waals surface area contributed by atoms with Gasteiger partial charge in [-0.25, -0.2) is 0 Å². The van der Waals surface area contributed by atoms with Crippen LogP contribution in [-0.4, -0.2) is 19.0 Å². The highest BCUT2D eigenvalue weighted by Gasteiger charge is 2.08. The first-order valence-corrected chi connectivity index (χ1v) is 5.43. The Hall–Kier alpha value is -0.830. The van der Waals surface area contributed by atoms with Gasteiger partial charge >= 0.3 is 0 Å². The van der Waals surface area contributed by atoms with Gasteiger partial charge in [-0.05, 0) is 44.7 Å². The summed E-state index contributed by atoms with van der Waals surface area (Å²) >= 11 is 0. The van der Waals surface area contributed by atoms with Gasteiger partial charge in [0.1, 0.15) is 0 Å². The lowest BCUT2D eigenvalue weighted by Crippen LogP contribution is -2.25. The van der Waals surface area contributed by atoms with E-state index in [4.69, 9.17) is 5.73 Å². The highest BCUT2D eigenvalue weighted by atomic mass is 16.1. The predicted molar refractivity (Wildman–Crippen MR) is 57.8 cm³/mol. The largest absolute Gasteiger partial charge is 0.370 e. The van der Waals surface area contributed by atoms with E-state index >= 15 is 0 Å². The van der Waals surface area contributed by atoms with Crippen LogP contribution >= 0.6 is 0 Å². The summed E-state index contributed by atoms with van der Waals surface area (Å²) < 4.78 is 0. The van der Waals surface area contributed by atoms with Crippen LogP contribution in [0.4, 0.5) is 0 Å². The molecule has 1 unspecified atom stereocenters. The van der Waals surface area contributed by atoms with Gasteiger partial charge in [0.2, 0.25) is 5.91 Å². The summed E-state index contributed by atoms with van der Waals surface area (Å²) in [7, 11) is 0. The second kappa shape index (κ2) is 6.60. The molecule has 0 aromatic rings. The number of carbonyl (C=O) groups excluding carboxylic acids is 1. The average molecular weight is 196 g/mol. The van der Waals surface area contributed by atoms with E-state index in [0.29, 0.717) is 6.42 Å². The van der Waals surface area contributed by atoms with Gasteiger partial charge in [0.25, 0.3) is 0 Å². The Morgan fingerprint density at radius 2 is 2.36 bits per heavy atom. The summed E-state index contributed by atoms with van der Waals surface area (Å²) in [6.07, 6.45) is 9.58. The first kappa shape index (κ1) is 11.2. The van der Waals surface area contributed by atoms with Crippen LogP contribution in [0.5, 0.6) is 0 Å². The van der Waals surface area contributed by atoms with Gasteiger partial charge in [0.15, 0.2) is 0 Å². The molecule has 3 N–H and O–H groups in total. The zero-order valence-electron chi connectivity index (χ0n) is 8.67. The molecule has 0 aliphatic heterocycles. The molecule has 1 aliphatic rings. The van der Waals surface area contributed by atoms with Gasteiger partial charge in [0.05, 0.1) is 0 Å². The van der Waals surface area contributed by atoms with Crippen LogP contribution in [0.3, 0.4) is 0 Å². The molecule has 1 amide bonds. The van der Waals surface area contributed by atoms with Crippen molar-refractivity contribution in [2.24, 2.45) is 11.7 Å². The summed E-state index contributed by atoms with van der Waals surface area (Å²) in [5.41, 5.74) is 5.04. The fourth-order valence-electron chi connectivity index (χ4n) is 1.74. The second-order valence-corrected chi connectivity index (χ2v) is 3.92. The van der Waals surface area contributed by atoms with Crippen LogP contribution in [0.25, 0.3) is 0 Å². The Bertz CT molecular complexity index is 201. The Labute approximate surface area is 85.7 Å². The number of rotatable bonds is 6. The van der Waals surface area contributed by atoms with E-state index < -0.39 is 0 Å². The van der Waals surface area contributed by atoms with Gasteiger partial charge in [-0.3, -0.25) is 4.79 Å². The van der Waals surface area contributed by atoms with Crippen molar-refractivity contribution >= 4 is 5.91 Å². The topological polar surface area (TPSA) is 55.1 Å². The van der Waals surface area contributed by atoms with Crippen LogP contribution in [0.15, 0.2) is 12.2 Å². The Balaban J connectivity index is 1.93. The Kier molecular flexibility index (Phi) is 5.30. The monoisotopic (exact) mass is 196 g/mol. The number of allylic oxidation sites excluding steroid dienone is 2. The van der Waals surface area contributed by atoms with E-state index in [2.05, 4.69) is 17.5 Å². The van der Waals surface area contributed by atoms with Crippen molar-refractivity contribution in [2.75, 3.05) is 13.1 Å². The van der Waals surface area contributed by atoms with Crippen LogP contribution in [0.2, 0.25) is 0 Å². The van der Waals surface area contributed by atoms with Crippen molar-refractivity contribution in [1.82, 2.24) is 5.32 Å². The van der Waals surface area contributed by atoms with Crippen molar-refractivity contribution in [3.8, 4) is 0 Å². The Morgan fingerprint density at radius 1 is 1.50 bits per heavy atom. The third-order valence-electron chi connectivity index (χ3n) is 2.59. The minimum absolute atomic E-state index is 0.201. The van der Waals surface area contributed by atoms with Gasteiger partial charge in [-0.15, -0.1) is 0 Å². The normalized spacial score (nSPS) is 21.0. The minimum Gasteiger partial charge on any atom is -0.370 e. The SMILES string of the molecule is NC(=O)CCCNCC1CC=CCC1. The van der Waals surface area contributed by atoms with E-state index in [1.165, 1.54) is 19.3 Å². The van der Waals surface area contributed by atoms with E-state index in [0.717, 1.165) is 25.4 Å². The molecular weight excluding hydrogens is 176 g/mol. The van der Waals surface area contributed by atoms with E-state index in [-0.39, 0.29) is 5.91 Å². The highest BCUT2D eigenvalue weighted by Crippen LogP contribution is 2.16. The molecule has 0 saturated carbocycles. The first-order chi connectivity index (χ1) is 6.79. The molecule has 0 radical (unpaired) electrons. The molecule has 1 atom stereocenters. The standard InChI is InChI=1S/C11H20N2O/c12-11(14)7-4-8-13-9-10-5-2-1-3-6-10/h1-2,10,13H,3-9H2,(H2,12,14). The maximum absolute atomic E-state index is 10.4. The molecule has 0 aromatic carbocycles. The van der Waals surface area contributed by atoms with Crippen LogP contribution in [0.1, 0.15) is 32.1 Å². The van der Waals surface area contributed by atoms with Crippen molar-refractivity contribution < 1.29 is 4.79 Å². The summed E-state index contributed by atoms with van der Waals surface area (Å²) in [6.45, 7) is 1.98. The number of primary amides is 1. The number of amides is 1.